The van der Waals surface area contributed by atoms with Gasteiger partial charge in [-0.25, -0.2) is 0 Å². The Labute approximate surface area is 141 Å². The van der Waals surface area contributed by atoms with Crippen molar-refractivity contribution in [1.29, 1.82) is 0 Å². The van der Waals surface area contributed by atoms with Crippen LogP contribution >= 0.6 is 31.9 Å². The molecule has 0 bridgehead atoms. The minimum atomic E-state index is 0.0288. The fourth-order valence-electron chi connectivity index (χ4n) is 3.51. The lowest BCUT2D eigenvalue weighted by molar-refractivity contribution is 0.660. The predicted molar refractivity (Wildman–Crippen MR) is 96.9 cm³/mol. The molecule has 1 aliphatic carbocycles. The zero-order chi connectivity index (χ0) is 14.8. The van der Waals surface area contributed by atoms with Gasteiger partial charge in [0.15, 0.2) is 0 Å². The molecule has 1 aliphatic rings. The molecule has 21 heavy (non-hydrogen) atoms. The summed E-state index contributed by atoms with van der Waals surface area (Å²) in [7, 11) is 0. The van der Waals surface area contributed by atoms with Crippen molar-refractivity contribution < 1.29 is 0 Å². The molecule has 0 aliphatic heterocycles. The Morgan fingerprint density at radius 1 is 0.810 bits per heavy atom. The molecule has 0 nitrogen and oxygen atoms in total. The summed E-state index contributed by atoms with van der Waals surface area (Å²) in [6.07, 6.45) is 0. The maximum Gasteiger partial charge on any atom is 0.0257 e. The molecular formula is C19H14Br2. The molecule has 0 saturated carbocycles. The van der Waals surface area contributed by atoms with Crippen molar-refractivity contribution >= 4 is 42.6 Å². The third-order valence-electron chi connectivity index (χ3n) is 4.59. The molecule has 0 saturated heterocycles. The van der Waals surface area contributed by atoms with Gasteiger partial charge in [-0.05, 0) is 51.2 Å². The smallest absolute Gasteiger partial charge is 0.0257 e. The summed E-state index contributed by atoms with van der Waals surface area (Å²) >= 11 is 7.37. The molecule has 0 aromatic heterocycles. The second kappa shape index (κ2) is 4.44. The Morgan fingerprint density at radius 2 is 1.52 bits per heavy atom. The first-order chi connectivity index (χ1) is 10.00. The first-order valence-corrected chi connectivity index (χ1v) is 8.61. The van der Waals surface area contributed by atoms with Crippen LogP contribution in [0.1, 0.15) is 25.0 Å². The van der Waals surface area contributed by atoms with E-state index in [1.165, 1.54) is 37.5 Å². The minimum absolute atomic E-state index is 0.0288. The average Bonchev–Trinajstić information content (AvgIpc) is 2.68. The van der Waals surface area contributed by atoms with E-state index in [1.807, 2.05) is 0 Å². The Kier molecular flexibility index (Phi) is 2.86. The van der Waals surface area contributed by atoms with Crippen LogP contribution in [0.4, 0.5) is 0 Å². The van der Waals surface area contributed by atoms with E-state index in [9.17, 15) is 0 Å². The summed E-state index contributed by atoms with van der Waals surface area (Å²) in [6.45, 7) is 4.62. The Morgan fingerprint density at radius 3 is 2.29 bits per heavy atom. The maximum absolute atomic E-state index is 3.75. The van der Waals surface area contributed by atoms with Crippen molar-refractivity contribution in [3.8, 4) is 11.1 Å². The number of benzene rings is 3. The van der Waals surface area contributed by atoms with Crippen molar-refractivity contribution in [2.24, 2.45) is 0 Å². The highest BCUT2D eigenvalue weighted by Gasteiger charge is 2.36. The topological polar surface area (TPSA) is 0 Å². The second-order valence-corrected chi connectivity index (χ2v) is 7.91. The van der Waals surface area contributed by atoms with E-state index in [2.05, 4.69) is 94.2 Å². The molecule has 0 amide bonds. The van der Waals surface area contributed by atoms with Crippen molar-refractivity contribution in [2.75, 3.05) is 0 Å². The first kappa shape index (κ1) is 13.5. The van der Waals surface area contributed by atoms with Crippen molar-refractivity contribution in [3.63, 3.8) is 0 Å². The summed E-state index contributed by atoms with van der Waals surface area (Å²) in [6, 6.07) is 17.6. The van der Waals surface area contributed by atoms with Gasteiger partial charge in [-0.1, -0.05) is 76.0 Å². The number of rotatable bonds is 0. The van der Waals surface area contributed by atoms with Gasteiger partial charge in [0.05, 0.1) is 0 Å². The van der Waals surface area contributed by atoms with Gasteiger partial charge in [0.2, 0.25) is 0 Å². The highest BCUT2D eigenvalue weighted by Crippen LogP contribution is 2.52. The van der Waals surface area contributed by atoms with E-state index in [0.29, 0.717) is 0 Å². The van der Waals surface area contributed by atoms with Crippen LogP contribution in [0, 0.1) is 0 Å². The lowest BCUT2D eigenvalue weighted by Crippen LogP contribution is -2.15. The van der Waals surface area contributed by atoms with Crippen molar-refractivity contribution in [2.45, 2.75) is 19.3 Å². The van der Waals surface area contributed by atoms with E-state index in [0.717, 1.165) is 4.47 Å². The van der Waals surface area contributed by atoms with Gasteiger partial charge in [-0.3, -0.25) is 0 Å². The summed E-state index contributed by atoms with van der Waals surface area (Å²) in [4.78, 5) is 0. The molecule has 0 fully saturated rings. The Hall–Kier alpha value is -1.12. The normalized spacial score (nSPS) is 15.0. The summed E-state index contributed by atoms with van der Waals surface area (Å²) < 4.78 is 2.32. The van der Waals surface area contributed by atoms with Crippen LogP contribution in [0.5, 0.6) is 0 Å². The molecule has 0 unspecified atom stereocenters. The van der Waals surface area contributed by atoms with Crippen LogP contribution in [0.3, 0.4) is 0 Å². The molecule has 0 heterocycles. The molecule has 0 N–H and O–H groups in total. The van der Waals surface area contributed by atoms with Crippen LogP contribution in [0.15, 0.2) is 57.5 Å². The van der Waals surface area contributed by atoms with E-state index in [4.69, 9.17) is 0 Å². The van der Waals surface area contributed by atoms with E-state index < -0.39 is 0 Å². The second-order valence-electron chi connectivity index (χ2n) is 6.14. The van der Waals surface area contributed by atoms with Gasteiger partial charge in [-0.15, -0.1) is 0 Å². The van der Waals surface area contributed by atoms with Crippen LogP contribution < -0.4 is 0 Å². The molecule has 3 aromatic rings. The number of fused-ring (bicyclic) bond motifs is 5. The molecule has 3 aromatic carbocycles. The zero-order valence-corrected chi connectivity index (χ0v) is 15.0. The van der Waals surface area contributed by atoms with Gasteiger partial charge in [0.25, 0.3) is 0 Å². The average molecular weight is 402 g/mol. The molecule has 4 rings (SSSR count). The van der Waals surface area contributed by atoms with Crippen LogP contribution in [0.2, 0.25) is 0 Å². The maximum atomic E-state index is 3.75. The standard InChI is InChI=1S/C19H14Br2/c1-19(2)15-9-11(20)7-8-14(15)18-13-6-4-3-5-12(13)17(21)10-16(18)19/h3-10H,1-2H3. The monoisotopic (exact) mass is 400 g/mol. The lowest BCUT2D eigenvalue weighted by Gasteiger charge is -2.22. The van der Waals surface area contributed by atoms with Gasteiger partial charge in [0, 0.05) is 14.4 Å². The molecule has 2 heteroatoms. The van der Waals surface area contributed by atoms with Crippen LogP contribution in [0.25, 0.3) is 21.9 Å². The van der Waals surface area contributed by atoms with Gasteiger partial charge in [0.1, 0.15) is 0 Å². The quantitative estimate of drug-likeness (QED) is 0.394. The number of hydrogen-bond acceptors (Lipinski definition) is 0. The summed E-state index contributed by atoms with van der Waals surface area (Å²) in [5.41, 5.74) is 5.58. The van der Waals surface area contributed by atoms with Crippen LogP contribution in [-0.4, -0.2) is 0 Å². The molecule has 0 atom stereocenters. The summed E-state index contributed by atoms with van der Waals surface area (Å²) in [5, 5.41) is 2.61. The SMILES string of the molecule is CC1(C)c2cc(Br)ccc2-c2c1cc(Br)c1ccccc21. The Balaban J connectivity index is 2.22. The predicted octanol–water partition coefficient (Wildman–Crippen LogP) is 6.67. The summed E-state index contributed by atoms with van der Waals surface area (Å²) in [5.74, 6) is 0. The molecule has 0 spiro atoms. The van der Waals surface area contributed by atoms with Crippen LogP contribution in [-0.2, 0) is 5.41 Å². The van der Waals surface area contributed by atoms with E-state index in [-0.39, 0.29) is 5.41 Å². The van der Waals surface area contributed by atoms with Crippen molar-refractivity contribution in [3.05, 3.63) is 68.6 Å². The molecule has 104 valence electrons. The first-order valence-electron chi connectivity index (χ1n) is 7.02. The third kappa shape index (κ3) is 1.79. The van der Waals surface area contributed by atoms with E-state index >= 15 is 0 Å². The van der Waals surface area contributed by atoms with Crippen molar-refractivity contribution in [1.82, 2.24) is 0 Å². The zero-order valence-electron chi connectivity index (χ0n) is 11.9. The van der Waals surface area contributed by atoms with E-state index in [1.54, 1.807) is 0 Å². The molecular weight excluding hydrogens is 388 g/mol. The largest absolute Gasteiger partial charge is 0.0616 e. The minimum Gasteiger partial charge on any atom is -0.0616 e. The Bertz CT molecular complexity index is 891. The van der Waals surface area contributed by atoms with Gasteiger partial charge < -0.3 is 0 Å². The van der Waals surface area contributed by atoms with Gasteiger partial charge in [-0.2, -0.15) is 0 Å². The number of halogens is 2. The molecule has 0 radical (unpaired) electrons. The van der Waals surface area contributed by atoms with Gasteiger partial charge >= 0.3 is 0 Å². The highest BCUT2D eigenvalue weighted by atomic mass is 79.9. The fourth-order valence-corrected chi connectivity index (χ4v) is 4.45. The fraction of sp³-hybridized carbons (Fsp3) is 0.158. The highest BCUT2D eigenvalue weighted by molar-refractivity contribution is 9.11. The third-order valence-corrected chi connectivity index (χ3v) is 5.74. The number of hydrogen-bond donors (Lipinski definition) is 0. The lowest BCUT2D eigenvalue weighted by atomic mass is 9.82.